The normalized spacial score (nSPS) is 28.8. The molecule has 2 rings (SSSR count). The van der Waals surface area contributed by atoms with Crippen molar-refractivity contribution in [3.8, 4) is 0 Å². The average molecular weight is 232 g/mol. The van der Waals surface area contributed by atoms with Gasteiger partial charge in [0.25, 0.3) is 0 Å². The molecule has 0 amide bonds. The van der Waals surface area contributed by atoms with Gasteiger partial charge in [0.05, 0.1) is 5.60 Å². The molecule has 1 heteroatoms. The van der Waals surface area contributed by atoms with E-state index in [4.69, 9.17) is 4.74 Å². The first-order valence-corrected chi connectivity index (χ1v) is 6.89. The zero-order valence-corrected chi connectivity index (χ0v) is 11.3. The zero-order chi connectivity index (χ0) is 12.3. The zero-order valence-electron chi connectivity index (χ0n) is 11.3. The molecule has 0 aromatic heterocycles. The number of hydrogen-bond acceptors (Lipinski definition) is 1. The van der Waals surface area contributed by atoms with Crippen LogP contribution in [0.15, 0.2) is 30.3 Å². The summed E-state index contributed by atoms with van der Waals surface area (Å²) in [6, 6.07) is 10.9. The van der Waals surface area contributed by atoms with E-state index in [1.807, 2.05) is 0 Å². The Morgan fingerprint density at radius 1 is 1.29 bits per heavy atom. The van der Waals surface area contributed by atoms with Crippen molar-refractivity contribution in [3.63, 3.8) is 0 Å². The van der Waals surface area contributed by atoms with E-state index in [-0.39, 0.29) is 5.60 Å². The summed E-state index contributed by atoms with van der Waals surface area (Å²) in [6.07, 6.45) is 3.54. The minimum absolute atomic E-state index is 0.0656. The Morgan fingerprint density at radius 2 is 2.00 bits per heavy atom. The van der Waals surface area contributed by atoms with Crippen molar-refractivity contribution >= 4 is 0 Å². The highest BCUT2D eigenvalue weighted by atomic mass is 16.5. The number of hydrogen-bond donors (Lipinski definition) is 0. The van der Waals surface area contributed by atoms with E-state index < -0.39 is 0 Å². The molecule has 1 aliphatic heterocycles. The maximum atomic E-state index is 6.21. The predicted molar refractivity (Wildman–Crippen MR) is 72.2 cm³/mol. The molecule has 1 nitrogen and oxygen atoms in total. The lowest BCUT2D eigenvalue weighted by molar-refractivity contribution is -0.0498. The second-order valence-electron chi connectivity index (χ2n) is 5.46. The van der Waals surface area contributed by atoms with Gasteiger partial charge in [-0.15, -0.1) is 0 Å². The van der Waals surface area contributed by atoms with Gasteiger partial charge in [-0.05, 0) is 24.3 Å². The summed E-state index contributed by atoms with van der Waals surface area (Å²) in [4.78, 5) is 0. The van der Waals surface area contributed by atoms with Gasteiger partial charge in [0, 0.05) is 12.5 Å². The van der Waals surface area contributed by atoms with Gasteiger partial charge in [-0.25, -0.2) is 0 Å². The summed E-state index contributed by atoms with van der Waals surface area (Å²) < 4.78 is 6.21. The van der Waals surface area contributed by atoms with Crippen LogP contribution in [0.1, 0.15) is 51.5 Å². The molecule has 1 saturated heterocycles. The predicted octanol–water partition coefficient (Wildman–Crippen LogP) is 4.39. The molecule has 1 aromatic rings. The Bertz CT molecular complexity index is 344. The summed E-state index contributed by atoms with van der Waals surface area (Å²) in [6.45, 7) is 7.78. The van der Waals surface area contributed by atoms with Gasteiger partial charge in [0.1, 0.15) is 0 Å². The third-order valence-electron chi connectivity index (χ3n) is 4.19. The lowest BCUT2D eigenvalue weighted by atomic mass is 9.73. The standard InChI is InChI=1S/C16H24O/c1-4-11-16(13(2)3)15(10-12-17-16)14-8-6-5-7-9-14/h5-9,13,15H,4,10-12H2,1-3H3. The van der Waals surface area contributed by atoms with Crippen LogP contribution in [0.25, 0.3) is 0 Å². The molecule has 1 aromatic carbocycles. The SMILES string of the molecule is CCCC1(C(C)C)OCCC1c1ccccc1. The average Bonchev–Trinajstić information content (AvgIpc) is 2.76. The van der Waals surface area contributed by atoms with E-state index in [0.717, 1.165) is 6.61 Å². The van der Waals surface area contributed by atoms with Crippen molar-refractivity contribution in [2.75, 3.05) is 6.61 Å². The third-order valence-corrected chi connectivity index (χ3v) is 4.19. The monoisotopic (exact) mass is 232 g/mol. The molecule has 1 heterocycles. The summed E-state index contributed by atoms with van der Waals surface area (Å²) in [7, 11) is 0. The van der Waals surface area contributed by atoms with Crippen LogP contribution < -0.4 is 0 Å². The van der Waals surface area contributed by atoms with Crippen molar-refractivity contribution < 1.29 is 4.74 Å². The maximum Gasteiger partial charge on any atom is 0.0774 e. The molecule has 0 aliphatic carbocycles. The Balaban J connectivity index is 2.32. The molecule has 0 radical (unpaired) electrons. The van der Waals surface area contributed by atoms with Crippen molar-refractivity contribution in [2.24, 2.45) is 5.92 Å². The topological polar surface area (TPSA) is 9.23 Å². The smallest absolute Gasteiger partial charge is 0.0774 e. The quantitative estimate of drug-likeness (QED) is 0.748. The van der Waals surface area contributed by atoms with E-state index in [0.29, 0.717) is 11.8 Å². The Kier molecular flexibility index (Phi) is 3.88. The van der Waals surface area contributed by atoms with Crippen molar-refractivity contribution in [1.29, 1.82) is 0 Å². The van der Waals surface area contributed by atoms with Crippen molar-refractivity contribution in [3.05, 3.63) is 35.9 Å². The van der Waals surface area contributed by atoms with Crippen LogP contribution in [0.4, 0.5) is 0 Å². The molecule has 0 N–H and O–H groups in total. The van der Waals surface area contributed by atoms with E-state index >= 15 is 0 Å². The van der Waals surface area contributed by atoms with Gasteiger partial charge in [0.15, 0.2) is 0 Å². The highest BCUT2D eigenvalue weighted by molar-refractivity contribution is 5.25. The summed E-state index contributed by atoms with van der Waals surface area (Å²) in [5.74, 6) is 1.15. The second kappa shape index (κ2) is 5.22. The summed E-state index contributed by atoms with van der Waals surface area (Å²) >= 11 is 0. The van der Waals surface area contributed by atoms with Crippen LogP contribution in [-0.2, 0) is 4.74 Å². The van der Waals surface area contributed by atoms with E-state index in [1.165, 1.54) is 24.8 Å². The Morgan fingerprint density at radius 3 is 2.59 bits per heavy atom. The lowest BCUT2D eigenvalue weighted by Gasteiger charge is -2.38. The fourth-order valence-electron chi connectivity index (χ4n) is 3.34. The minimum atomic E-state index is 0.0656. The molecule has 0 saturated carbocycles. The first-order valence-electron chi connectivity index (χ1n) is 6.89. The molecule has 94 valence electrons. The maximum absolute atomic E-state index is 6.21. The lowest BCUT2D eigenvalue weighted by Crippen LogP contribution is -2.39. The highest BCUT2D eigenvalue weighted by Crippen LogP contribution is 2.47. The van der Waals surface area contributed by atoms with E-state index in [9.17, 15) is 0 Å². The minimum Gasteiger partial charge on any atom is -0.374 e. The van der Waals surface area contributed by atoms with Crippen molar-refractivity contribution in [2.45, 2.75) is 51.6 Å². The fraction of sp³-hybridized carbons (Fsp3) is 0.625. The van der Waals surface area contributed by atoms with Crippen LogP contribution >= 0.6 is 0 Å². The molecular formula is C16H24O. The molecule has 1 aliphatic rings. The van der Waals surface area contributed by atoms with Gasteiger partial charge < -0.3 is 4.74 Å². The molecule has 0 bridgehead atoms. The summed E-state index contributed by atoms with van der Waals surface area (Å²) in [5.41, 5.74) is 1.52. The highest BCUT2D eigenvalue weighted by Gasteiger charge is 2.46. The van der Waals surface area contributed by atoms with Crippen LogP contribution in [-0.4, -0.2) is 12.2 Å². The van der Waals surface area contributed by atoms with Gasteiger partial charge in [0.2, 0.25) is 0 Å². The van der Waals surface area contributed by atoms with Gasteiger partial charge in [-0.1, -0.05) is 57.5 Å². The van der Waals surface area contributed by atoms with E-state index in [2.05, 4.69) is 51.1 Å². The van der Waals surface area contributed by atoms with Gasteiger partial charge >= 0.3 is 0 Å². The van der Waals surface area contributed by atoms with Crippen LogP contribution in [0.3, 0.4) is 0 Å². The van der Waals surface area contributed by atoms with Crippen LogP contribution in [0.2, 0.25) is 0 Å². The Labute approximate surface area is 105 Å². The van der Waals surface area contributed by atoms with Crippen molar-refractivity contribution in [1.82, 2.24) is 0 Å². The fourth-order valence-corrected chi connectivity index (χ4v) is 3.34. The molecule has 0 spiro atoms. The van der Waals surface area contributed by atoms with E-state index in [1.54, 1.807) is 0 Å². The first-order chi connectivity index (χ1) is 8.20. The third kappa shape index (κ3) is 2.26. The van der Waals surface area contributed by atoms with Gasteiger partial charge in [-0.2, -0.15) is 0 Å². The number of rotatable bonds is 4. The number of ether oxygens (including phenoxy) is 1. The Hall–Kier alpha value is -0.820. The molecule has 17 heavy (non-hydrogen) atoms. The molecular weight excluding hydrogens is 208 g/mol. The molecule has 2 unspecified atom stereocenters. The second-order valence-corrected chi connectivity index (χ2v) is 5.46. The van der Waals surface area contributed by atoms with Gasteiger partial charge in [-0.3, -0.25) is 0 Å². The largest absolute Gasteiger partial charge is 0.374 e. The van der Waals surface area contributed by atoms with Crippen LogP contribution in [0, 0.1) is 5.92 Å². The molecule has 2 atom stereocenters. The number of benzene rings is 1. The molecule has 1 fully saturated rings. The first kappa shape index (κ1) is 12.6. The van der Waals surface area contributed by atoms with Crippen LogP contribution in [0.5, 0.6) is 0 Å². The summed E-state index contributed by atoms with van der Waals surface area (Å²) in [5, 5.41) is 0.